The number of hydrogen-bond acceptors (Lipinski definition) is 3. The molecule has 0 aliphatic carbocycles. The maximum absolute atomic E-state index is 9.19. The fourth-order valence-corrected chi connectivity index (χ4v) is 2.46. The van der Waals surface area contributed by atoms with E-state index in [2.05, 4.69) is 16.0 Å². The molecule has 0 bridgehead atoms. The summed E-state index contributed by atoms with van der Waals surface area (Å²) in [6, 6.07) is 16.2. The zero-order valence-corrected chi connectivity index (χ0v) is 11.4. The summed E-state index contributed by atoms with van der Waals surface area (Å²) in [5.74, 6) is 0. The van der Waals surface area contributed by atoms with Gasteiger partial charge in [0.25, 0.3) is 0 Å². The Hall–Kier alpha value is -2.99. The lowest BCUT2D eigenvalue weighted by atomic mass is 9.91. The van der Waals surface area contributed by atoms with Crippen LogP contribution in [0.1, 0.15) is 5.56 Å². The summed E-state index contributed by atoms with van der Waals surface area (Å²) in [4.78, 5) is 8.11. The molecule has 0 fully saturated rings. The first-order valence-electron chi connectivity index (χ1n) is 6.70. The number of benzene rings is 1. The largest absolute Gasteiger partial charge is 0.265 e. The number of pyridine rings is 2. The second-order valence-electron chi connectivity index (χ2n) is 4.64. The predicted molar refractivity (Wildman–Crippen MR) is 82.2 cm³/mol. The molecule has 0 N–H and O–H groups in total. The standard InChI is InChI=1S/C18H13N3/c19-9-4-18-16(14-5-10-20-11-6-14)2-1-3-17(18)15-7-12-21-13-8-15/h1-3,5-8,10-13H,4H2. The molecule has 2 heterocycles. The highest BCUT2D eigenvalue weighted by atomic mass is 14.6. The van der Waals surface area contributed by atoms with Crippen molar-refractivity contribution in [1.82, 2.24) is 9.97 Å². The van der Waals surface area contributed by atoms with E-state index in [4.69, 9.17) is 0 Å². The highest BCUT2D eigenvalue weighted by Crippen LogP contribution is 2.32. The predicted octanol–water partition coefficient (Wildman–Crippen LogP) is 3.88. The molecule has 0 amide bonds. The fourth-order valence-electron chi connectivity index (χ4n) is 2.46. The Morgan fingerprint density at radius 1 is 0.762 bits per heavy atom. The van der Waals surface area contributed by atoms with Crippen molar-refractivity contribution in [2.75, 3.05) is 0 Å². The molecule has 0 unspecified atom stereocenters. The zero-order valence-electron chi connectivity index (χ0n) is 11.4. The molecule has 21 heavy (non-hydrogen) atoms. The molecule has 0 radical (unpaired) electrons. The summed E-state index contributed by atoms with van der Waals surface area (Å²) in [6.45, 7) is 0. The van der Waals surface area contributed by atoms with E-state index >= 15 is 0 Å². The number of nitriles is 1. The molecule has 3 heteroatoms. The Labute approximate surface area is 123 Å². The molecule has 0 saturated heterocycles. The van der Waals surface area contributed by atoms with Crippen LogP contribution in [-0.2, 0) is 6.42 Å². The summed E-state index contributed by atoms with van der Waals surface area (Å²) < 4.78 is 0. The van der Waals surface area contributed by atoms with Crippen LogP contribution in [0.4, 0.5) is 0 Å². The van der Waals surface area contributed by atoms with E-state index in [0.717, 1.165) is 27.8 Å². The highest BCUT2D eigenvalue weighted by Gasteiger charge is 2.11. The summed E-state index contributed by atoms with van der Waals surface area (Å²) in [7, 11) is 0. The SMILES string of the molecule is N#CCc1c(-c2ccncc2)cccc1-c1ccncc1. The molecular formula is C18H13N3. The van der Waals surface area contributed by atoms with Crippen LogP contribution in [0.3, 0.4) is 0 Å². The molecule has 3 nitrogen and oxygen atoms in total. The van der Waals surface area contributed by atoms with Crippen LogP contribution in [0.5, 0.6) is 0 Å². The average Bonchev–Trinajstić information content (AvgIpc) is 2.57. The summed E-state index contributed by atoms with van der Waals surface area (Å²) >= 11 is 0. The molecule has 100 valence electrons. The molecule has 2 aromatic heterocycles. The molecular weight excluding hydrogens is 258 g/mol. The lowest BCUT2D eigenvalue weighted by Gasteiger charge is -2.13. The Bertz CT molecular complexity index is 717. The van der Waals surface area contributed by atoms with Crippen LogP contribution in [0.2, 0.25) is 0 Å². The van der Waals surface area contributed by atoms with Gasteiger partial charge >= 0.3 is 0 Å². The maximum Gasteiger partial charge on any atom is 0.0670 e. The summed E-state index contributed by atoms with van der Waals surface area (Å²) in [5.41, 5.74) is 5.34. The van der Waals surface area contributed by atoms with Gasteiger partial charge in [-0.15, -0.1) is 0 Å². The Morgan fingerprint density at radius 3 is 1.67 bits per heavy atom. The number of hydrogen-bond donors (Lipinski definition) is 0. The van der Waals surface area contributed by atoms with Gasteiger partial charge in [0.15, 0.2) is 0 Å². The van der Waals surface area contributed by atoms with Gasteiger partial charge in [0, 0.05) is 24.8 Å². The molecule has 0 saturated carbocycles. The number of aromatic nitrogens is 2. The second-order valence-corrected chi connectivity index (χ2v) is 4.64. The van der Waals surface area contributed by atoms with Gasteiger partial charge in [-0.25, -0.2) is 0 Å². The quantitative estimate of drug-likeness (QED) is 0.726. The van der Waals surface area contributed by atoms with Gasteiger partial charge in [-0.1, -0.05) is 18.2 Å². The first kappa shape index (κ1) is 13.0. The van der Waals surface area contributed by atoms with Crippen LogP contribution < -0.4 is 0 Å². The van der Waals surface area contributed by atoms with Crippen molar-refractivity contribution in [2.24, 2.45) is 0 Å². The second kappa shape index (κ2) is 5.98. The summed E-state index contributed by atoms with van der Waals surface area (Å²) in [5, 5.41) is 9.19. The van der Waals surface area contributed by atoms with Crippen LogP contribution in [0.25, 0.3) is 22.3 Å². The molecule has 0 aliphatic heterocycles. The van der Waals surface area contributed by atoms with Crippen molar-refractivity contribution >= 4 is 0 Å². The van der Waals surface area contributed by atoms with E-state index in [1.54, 1.807) is 24.8 Å². The van der Waals surface area contributed by atoms with Gasteiger partial charge in [-0.2, -0.15) is 5.26 Å². The van der Waals surface area contributed by atoms with Crippen LogP contribution in [0, 0.1) is 11.3 Å². The fraction of sp³-hybridized carbons (Fsp3) is 0.0556. The van der Waals surface area contributed by atoms with Crippen LogP contribution in [-0.4, -0.2) is 9.97 Å². The summed E-state index contributed by atoms with van der Waals surface area (Å²) in [6.07, 6.45) is 7.44. The molecule has 0 spiro atoms. The first-order chi connectivity index (χ1) is 10.4. The van der Waals surface area contributed by atoms with Crippen molar-refractivity contribution in [3.63, 3.8) is 0 Å². The van der Waals surface area contributed by atoms with Gasteiger partial charge in [-0.05, 0) is 52.1 Å². The van der Waals surface area contributed by atoms with Gasteiger partial charge in [0.05, 0.1) is 12.5 Å². The molecule has 0 aliphatic rings. The Morgan fingerprint density at radius 2 is 1.24 bits per heavy atom. The normalized spacial score (nSPS) is 10.0. The lowest BCUT2D eigenvalue weighted by Crippen LogP contribution is -1.94. The van der Waals surface area contributed by atoms with Crippen LogP contribution >= 0.6 is 0 Å². The van der Waals surface area contributed by atoms with Crippen molar-refractivity contribution in [3.05, 3.63) is 72.8 Å². The van der Waals surface area contributed by atoms with E-state index in [9.17, 15) is 5.26 Å². The maximum atomic E-state index is 9.19. The third kappa shape index (κ3) is 2.65. The highest BCUT2D eigenvalue weighted by molar-refractivity contribution is 5.78. The Kier molecular flexibility index (Phi) is 3.70. The molecule has 3 aromatic rings. The average molecular weight is 271 g/mol. The van der Waals surface area contributed by atoms with E-state index in [1.807, 2.05) is 42.5 Å². The van der Waals surface area contributed by atoms with Crippen molar-refractivity contribution in [1.29, 1.82) is 5.26 Å². The van der Waals surface area contributed by atoms with E-state index in [1.165, 1.54) is 0 Å². The van der Waals surface area contributed by atoms with Crippen molar-refractivity contribution < 1.29 is 0 Å². The van der Waals surface area contributed by atoms with E-state index in [-0.39, 0.29) is 0 Å². The minimum atomic E-state index is 0.371. The van der Waals surface area contributed by atoms with Gasteiger partial charge < -0.3 is 0 Å². The topological polar surface area (TPSA) is 49.6 Å². The number of nitrogens with zero attached hydrogens (tertiary/aromatic N) is 3. The van der Waals surface area contributed by atoms with E-state index in [0.29, 0.717) is 6.42 Å². The molecule has 1 aromatic carbocycles. The minimum Gasteiger partial charge on any atom is -0.265 e. The van der Waals surface area contributed by atoms with Gasteiger partial charge in [-0.3, -0.25) is 9.97 Å². The first-order valence-corrected chi connectivity index (χ1v) is 6.70. The van der Waals surface area contributed by atoms with Crippen LogP contribution in [0.15, 0.2) is 67.3 Å². The zero-order chi connectivity index (χ0) is 14.5. The van der Waals surface area contributed by atoms with E-state index < -0.39 is 0 Å². The third-order valence-electron chi connectivity index (χ3n) is 3.41. The monoisotopic (exact) mass is 271 g/mol. The van der Waals surface area contributed by atoms with Crippen molar-refractivity contribution in [2.45, 2.75) is 6.42 Å². The van der Waals surface area contributed by atoms with Crippen molar-refractivity contribution in [3.8, 4) is 28.3 Å². The smallest absolute Gasteiger partial charge is 0.0670 e. The van der Waals surface area contributed by atoms with Gasteiger partial charge in [0.2, 0.25) is 0 Å². The minimum absolute atomic E-state index is 0.371. The number of rotatable bonds is 3. The third-order valence-corrected chi connectivity index (χ3v) is 3.41. The van der Waals surface area contributed by atoms with Gasteiger partial charge in [0.1, 0.15) is 0 Å². The molecule has 0 atom stereocenters. The Balaban J connectivity index is 2.21. The molecule has 3 rings (SSSR count). The lowest BCUT2D eigenvalue weighted by molar-refractivity contribution is 1.25.